The molecule has 2 aliphatic heterocycles. The molecule has 3 rings (SSSR count). The molecule has 4 heteroatoms. The van der Waals surface area contributed by atoms with Gasteiger partial charge in [-0.2, -0.15) is 5.06 Å². The highest BCUT2D eigenvalue weighted by atomic mass is 16.7. The largest absolute Gasteiger partial charge is 0.497 e. The molecule has 2 saturated heterocycles. The van der Waals surface area contributed by atoms with Gasteiger partial charge in [0.15, 0.2) is 0 Å². The lowest BCUT2D eigenvalue weighted by Gasteiger charge is -2.26. The molecule has 2 atom stereocenters. The summed E-state index contributed by atoms with van der Waals surface area (Å²) in [6.45, 7) is 1.96. The van der Waals surface area contributed by atoms with E-state index in [1.807, 2.05) is 24.3 Å². The molecule has 0 amide bonds. The molecule has 0 N–H and O–H groups in total. The number of benzene rings is 1. The van der Waals surface area contributed by atoms with Crippen LogP contribution in [0.5, 0.6) is 11.5 Å². The Balaban J connectivity index is 1.11. The maximum atomic E-state index is 6.10. The van der Waals surface area contributed by atoms with Crippen LogP contribution in [-0.4, -0.2) is 37.5 Å². The summed E-state index contributed by atoms with van der Waals surface area (Å²) in [6.07, 6.45) is 16.2. The molecule has 2 fully saturated rings. The lowest BCUT2D eigenvalue weighted by Crippen LogP contribution is -2.32. The Morgan fingerprint density at radius 3 is 2.37 bits per heavy atom. The smallest absolute Gasteiger partial charge is 0.119 e. The van der Waals surface area contributed by atoms with Crippen LogP contribution in [0.15, 0.2) is 24.3 Å². The van der Waals surface area contributed by atoms with Crippen LogP contribution < -0.4 is 9.47 Å². The second-order valence-electron chi connectivity index (χ2n) is 8.04. The molecule has 2 heterocycles. The first kappa shape index (κ1) is 20.5. The van der Waals surface area contributed by atoms with Gasteiger partial charge in [0.05, 0.1) is 19.8 Å². The topological polar surface area (TPSA) is 30.9 Å². The molecule has 1 aromatic carbocycles. The minimum Gasteiger partial charge on any atom is -0.497 e. The van der Waals surface area contributed by atoms with E-state index in [1.54, 1.807) is 7.11 Å². The highest BCUT2D eigenvalue weighted by molar-refractivity contribution is 5.31. The lowest BCUT2D eigenvalue weighted by atomic mass is 9.98. The van der Waals surface area contributed by atoms with Gasteiger partial charge >= 0.3 is 0 Å². The predicted molar refractivity (Wildman–Crippen MR) is 109 cm³/mol. The van der Waals surface area contributed by atoms with Crippen molar-refractivity contribution < 1.29 is 14.3 Å². The van der Waals surface area contributed by atoms with E-state index in [0.29, 0.717) is 6.10 Å². The van der Waals surface area contributed by atoms with Gasteiger partial charge in [-0.05, 0) is 56.4 Å². The number of piperidine rings is 1. The predicted octanol–water partition coefficient (Wildman–Crippen LogP) is 5.75. The molecule has 0 radical (unpaired) electrons. The minimum absolute atomic E-state index is 0.503. The van der Waals surface area contributed by atoms with Crippen LogP contribution >= 0.6 is 0 Å². The lowest BCUT2D eigenvalue weighted by molar-refractivity contribution is -0.172. The van der Waals surface area contributed by atoms with Crippen molar-refractivity contribution in [2.75, 3.05) is 20.3 Å². The summed E-state index contributed by atoms with van der Waals surface area (Å²) in [5, 5.41) is 2.28. The molecule has 4 nitrogen and oxygen atoms in total. The van der Waals surface area contributed by atoms with Crippen LogP contribution in [-0.2, 0) is 4.84 Å². The number of hydrogen-bond donors (Lipinski definition) is 0. The monoisotopic (exact) mass is 375 g/mol. The normalized spacial score (nSPS) is 22.6. The zero-order valence-corrected chi connectivity index (χ0v) is 17.0. The van der Waals surface area contributed by atoms with E-state index in [1.165, 1.54) is 70.6 Å². The van der Waals surface area contributed by atoms with Crippen LogP contribution in [0.4, 0.5) is 0 Å². The summed E-state index contributed by atoms with van der Waals surface area (Å²) >= 11 is 0. The molecule has 0 aliphatic carbocycles. The Kier molecular flexibility index (Phi) is 8.76. The van der Waals surface area contributed by atoms with Gasteiger partial charge in [0, 0.05) is 12.6 Å². The van der Waals surface area contributed by atoms with Crippen LogP contribution in [0.25, 0.3) is 0 Å². The standard InChI is InChI=1S/C23H37NO3/c1-25-21-13-15-22(16-14-21)26-18-10-6-4-2-3-5-7-12-23-19-20-11-8-9-17-24(20)27-23/h13-16,20,23H,2-12,17-19H2,1H3/t20-,23-/m1/s1. The molecule has 0 bridgehead atoms. The molecule has 27 heavy (non-hydrogen) atoms. The highest BCUT2D eigenvalue weighted by Gasteiger charge is 2.34. The van der Waals surface area contributed by atoms with Crippen molar-refractivity contribution in [3.05, 3.63) is 24.3 Å². The van der Waals surface area contributed by atoms with Crippen molar-refractivity contribution in [3.8, 4) is 11.5 Å². The Labute approximate surface area is 165 Å². The first-order valence-corrected chi connectivity index (χ1v) is 11.1. The second kappa shape index (κ2) is 11.6. The van der Waals surface area contributed by atoms with Gasteiger partial charge in [0.2, 0.25) is 0 Å². The number of hydrogen-bond acceptors (Lipinski definition) is 4. The molecular weight excluding hydrogens is 338 g/mol. The molecule has 0 spiro atoms. The van der Waals surface area contributed by atoms with Crippen molar-refractivity contribution in [1.29, 1.82) is 0 Å². The van der Waals surface area contributed by atoms with Crippen LogP contribution in [0, 0.1) is 0 Å². The number of rotatable bonds is 12. The zero-order valence-electron chi connectivity index (χ0n) is 17.0. The summed E-state index contributed by atoms with van der Waals surface area (Å²) in [4.78, 5) is 6.10. The molecule has 0 unspecified atom stereocenters. The fourth-order valence-corrected chi connectivity index (χ4v) is 4.28. The van der Waals surface area contributed by atoms with Gasteiger partial charge in [-0.3, -0.25) is 4.84 Å². The fraction of sp³-hybridized carbons (Fsp3) is 0.739. The van der Waals surface area contributed by atoms with E-state index < -0.39 is 0 Å². The molecule has 0 aromatic heterocycles. The average molecular weight is 376 g/mol. The van der Waals surface area contributed by atoms with Gasteiger partial charge in [0.25, 0.3) is 0 Å². The number of hydroxylamine groups is 2. The molecule has 0 saturated carbocycles. The van der Waals surface area contributed by atoms with E-state index in [4.69, 9.17) is 14.3 Å². The Morgan fingerprint density at radius 1 is 0.926 bits per heavy atom. The number of fused-ring (bicyclic) bond motifs is 1. The summed E-state index contributed by atoms with van der Waals surface area (Å²) in [6, 6.07) is 8.55. The maximum absolute atomic E-state index is 6.10. The van der Waals surface area contributed by atoms with Crippen LogP contribution in [0.2, 0.25) is 0 Å². The third-order valence-electron chi connectivity index (χ3n) is 5.89. The number of ether oxygens (including phenoxy) is 2. The first-order valence-electron chi connectivity index (χ1n) is 11.1. The van der Waals surface area contributed by atoms with E-state index in [0.717, 1.165) is 37.1 Å². The van der Waals surface area contributed by atoms with Crippen molar-refractivity contribution in [2.24, 2.45) is 0 Å². The third kappa shape index (κ3) is 7.00. The summed E-state index contributed by atoms with van der Waals surface area (Å²) in [7, 11) is 1.68. The van der Waals surface area contributed by atoms with Gasteiger partial charge in [-0.15, -0.1) is 0 Å². The average Bonchev–Trinajstić information content (AvgIpc) is 3.12. The number of nitrogens with zero attached hydrogens (tertiary/aromatic N) is 1. The van der Waals surface area contributed by atoms with Gasteiger partial charge in [0.1, 0.15) is 11.5 Å². The van der Waals surface area contributed by atoms with E-state index >= 15 is 0 Å². The minimum atomic E-state index is 0.503. The summed E-state index contributed by atoms with van der Waals surface area (Å²) in [5.41, 5.74) is 0. The fourth-order valence-electron chi connectivity index (χ4n) is 4.28. The van der Waals surface area contributed by atoms with Gasteiger partial charge < -0.3 is 9.47 Å². The molecule has 152 valence electrons. The molecular formula is C23H37NO3. The van der Waals surface area contributed by atoms with Crippen molar-refractivity contribution in [3.63, 3.8) is 0 Å². The Morgan fingerprint density at radius 2 is 1.63 bits per heavy atom. The van der Waals surface area contributed by atoms with Crippen molar-refractivity contribution >= 4 is 0 Å². The summed E-state index contributed by atoms with van der Waals surface area (Å²) < 4.78 is 10.9. The van der Waals surface area contributed by atoms with Crippen LogP contribution in [0.3, 0.4) is 0 Å². The van der Waals surface area contributed by atoms with Gasteiger partial charge in [-0.1, -0.05) is 44.9 Å². The maximum Gasteiger partial charge on any atom is 0.119 e. The number of unbranched alkanes of at least 4 members (excludes halogenated alkanes) is 6. The SMILES string of the molecule is COc1ccc(OCCCCCCCCC[C@@H]2C[C@H]3CCCCN3O2)cc1. The summed E-state index contributed by atoms with van der Waals surface area (Å²) in [5.74, 6) is 1.80. The van der Waals surface area contributed by atoms with Crippen LogP contribution in [0.1, 0.15) is 77.0 Å². The molecule has 2 aliphatic rings. The third-order valence-corrected chi connectivity index (χ3v) is 5.89. The second-order valence-corrected chi connectivity index (χ2v) is 8.04. The van der Waals surface area contributed by atoms with E-state index in [-0.39, 0.29) is 0 Å². The van der Waals surface area contributed by atoms with E-state index in [2.05, 4.69) is 5.06 Å². The first-order chi connectivity index (χ1) is 13.3. The quantitative estimate of drug-likeness (QED) is 0.435. The highest BCUT2D eigenvalue weighted by Crippen LogP contribution is 2.31. The Hall–Kier alpha value is -1.26. The molecule has 1 aromatic rings. The van der Waals surface area contributed by atoms with Crippen molar-refractivity contribution in [1.82, 2.24) is 5.06 Å². The van der Waals surface area contributed by atoms with E-state index in [9.17, 15) is 0 Å². The Bertz CT molecular complexity index is 505. The van der Waals surface area contributed by atoms with Gasteiger partial charge in [-0.25, -0.2) is 0 Å². The van der Waals surface area contributed by atoms with Crippen molar-refractivity contribution in [2.45, 2.75) is 89.2 Å². The zero-order chi connectivity index (χ0) is 18.7. The number of methoxy groups -OCH3 is 1.